The summed E-state index contributed by atoms with van der Waals surface area (Å²) in [6.07, 6.45) is 0.705. The number of ketones is 1. The summed E-state index contributed by atoms with van der Waals surface area (Å²) < 4.78 is 12.5. The van der Waals surface area contributed by atoms with Crippen molar-refractivity contribution in [1.29, 1.82) is 0 Å². The summed E-state index contributed by atoms with van der Waals surface area (Å²) in [4.78, 5) is 11.5. The summed E-state index contributed by atoms with van der Waals surface area (Å²) in [7, 11) is 0. The summed E-state index contributed by atoms with van der Waals surface area (Å²) in [5, 5.41) is 0. The number of rotatable bonds is 3. The van der Waals surface area contributed by atoms with Crippen molar-refractivity contribution < 1.29 is 14.9 Å². The average Bonchev–Trinajstić information content (AvgIpc) is 2.17. The molecule has 0 spiro atoms. The second-order valence-electron chi connectivity index (χ2n) is 2.98. The molecular weight excluding hydrogens is 169 g/mol. The molecule has 0 aliphatic heterocycles. The molecule has 3 N–H and O–H groups in total. The minimum atomic E-state index is -0.325. The fourth-order valence-corrected chi connectivity index (χ4v) is 1.04. The Morgan fingerprint density at radius 3 is 2.46 bits per heavy atom. The van der Waals surface area contributed by atoms with Crippen molar-refractivity contribution in [3.8, 4) is 0 Å². The van der Waals surface area contributed by atoms with Crippen molar-refractivity contribution >= 4 is 5.78 Å². The van der Waals surface area contributed by atoms with Crippen molar-refractivity contribution in [2.45, 2.75) is 19.4 Å². The maximum absolute atomic E-state index is 12.5. The molecule has 0 bridgehead atoms. The van der Waals surface area contributed by atoms with Crippen LogP contribution in [0.1, 0.15) is 23.7 Å². The lowest BCUT2D eigenvalue weighted by atomic mass is 10.0. The van der Waals surface area contributed by atoms with E-state index in [1.54, 1.807) is 0 Å². The molecule has 0 amide bonds. The first-order valence-electron chi connectivity index (χ1n) is 4.28. The van der Waals surface area contributed by atoms with E-state index < -0.39 is 0 Å². The van der Waals surface area contributed by atoms with Crippen molar-refractivity contribution in [2.24, 2.45) is 0 Å². The molecule has 1 aromatic rings. The van der Waals surface area contributed by atoms with Crippen LogP contribution in [0.25, 0.3) is 0 Å². The van der Waals surface area contributed by atoms with E-state index in [1.165, 1.54) is 24.3 Å². The first kappa shape index (κ1) is 9.86. The van der Waals surface area contributed by atoms with Crippen LogP contribution < -0.4 is 5.73 Å². The van der Waals surface area contributed by atoms with Gasteiger partial charge >= 0.3 is 0 Å². The van der Waals surface area contributed by atoms with E-state index >= 15 is 0 Å². The number of carbonyl (C=O) groups is 1. The van der Waals surface area contributed by atoms with E-state index in [9.17, 15) is 9.18 Å². The van der Waals surface area contributed by atoms with Crippen molar-refractivity contribution in [1.82, 2.24) is 0 Å². The Morgan fingerprint density at radius 2 is 2.00 bits per heavy atom. The standard InChI is InChI=1S/C10H12FNO/c1-2-9(12)10(13)7-3-5-8(11)6-4-7/h3-6,9H,2,12H2,1H3/p+1/t9-/m0/s1. The summed E-state index contributed by atoms with van der Waals surface area (Å²) in [5.74, 6) is -0.351. The van der Waals surface area contributed by atoms with E-state index in [2.05, 4.69) is 5.73 Å². The molecule has 1 aromatic carbocycles. The zero-order valence-corrected chi connectivity index (χ0v) is 7.59. The molecule has 0 aliphatic rings. The minimum absolute atomic E-state index is 0.0255. The summed E-state index contributed by atoms with van der Waals surface area (Å²) in [6, 6.07) is 5.33. The normalized spacial score (nSPS) is 12.5. The number of halogens is 1. The van der Waals surface area contributed by atoms with Gasteiger partial charge in [-0.25, -0.2) is 4.39 Å². The number of Topliss-reactive ketones (excluding diaryl/α,β-unsaturated/α-hetero) is 1. The zero-order chi connectivity index (χ0) is 9.84. The molecule has 3 heteroatoms. The van der Waals surface area contributed by atoms with Gasteiger partial charge in [0.15, 0.2) is 0 Å². The highest BCUT2D eigenvalue weighted by Crippen LogP contribution is 2.05. The van der Waals surface area contributed by atoms with Gasteiger partial charge in [0, 0.05) is 12.0 Å². The third kappa shape index (κ3) is 2.36. The van der Waals surface area contributed by atoms with Gasteiger partial charge in [0.1, 0.15) is 11.9 Å². The van der Waals surface area contributed by atoms with Gasteiger partial charge in [-0.1, -0.05) is 6.92 Å². The molecule has 13 heavy (non-hydrogen) atoms. The molecule has 0 radical (unpaired) electrons. The van der Waals surface area contributed by atoms with Crippen LogP contribution >= 0.6 is 0 Å². The highest BCUT2D eigenvalue weighted by atomic mass is 19.1. The molecule has 0 heterocycles. The first-order chi connectivity index (χ1) is 6.15. The number of hydrogen-bond donors (Lipinski definition) is 1. The Labute approximate surface area is 76.6 Å². The SMILES string of the molecule is CC[C@H]([NH3+])C(=O)c1ccc(F)cc1. The zero-order valence-electron chi connectivity index (χ0n) is 7.59. The lowest BCUT2D eigenvalue weighted by Gasteiger charge is -2.03. The van der Waals surface area contributed by atoms with Gasteiger partial charge in [0.2, 0.25) is 5.78 Å². The lowest BCUT2D eigenvalue weighted by Crippen LogP contribution is -2.64. The highest BCUT2D eigenvalue weighted by molar-refractivity contribution is 5.98. The summed E-state index contributed by atoms with van der Waals surface area (Å²) >= 11 is 0. The van der Waals surface area contributed by atoms with Crippen LogP contribution in [0.15, 0.2) is 24.3 Å². The molecule has 0 saturated heterocycles. The van der Waals surface area contributed by atoms with Crippen LogP contribution in [-0.2, 0) is 0 Å². The third-order valence-electron chi connectivity index (χ3n) is 1.99. The van der Waals surface area contributed by atoms with Gasteiger partial charge in [0.25, 0.3) is 0 Å². The highest BCUT2D eigenvalue weighted by Gasteiger charge is 2.16. The van der Waals surface area contributed by atoms with Crippen LogP contribution in [0, 0.1) is 5.82 Å². The molecule has 1 rings (SSSR count). The molecule has 2 nitrogen and oxygen atoms in total. The fraction of sp³-hybridized carbons (Fsp3) is 0.300. The summed E-state index contributed by atoms with van der Waals surface area (Å²) in [5.41, 5.74) is 4.24. The Hall–Kier alpha value is -1.22. The van der Waals surface area contributed by atoms with Crippen molar-refractivity contribution in [3.63, 3.8) is 0 Å². The fourth-order valence-electron chi connectivity index (χ4n) is 1.04. The molecule has 0 fully saturated rings. The van der Waals surface area contributed by atoms with Gasteiger partial charge in [0.05, 0.1) is 0 Å². The molecule has 0 saturated carbocycles. The van der Waals surface area contributed by atoms with Crippen LogP contribution in [-0.4, -0.2) is 11.8 Å². The van der Waals surface area contributed by atoms with Crippen LogP contribution in [0.4, 0.5) is 4.39 Å². The Balaban J connectivity index is 2.83. The largest absolute Gasteiger partial charge is 0.349 e. The Bertz CT molecular complexity index is 294. The predicted molar refractivity (Wildman–Crippen MR) is 47.7 cm³/mol. The number of benzene rings is 1. The molecule has 70 valence electrons. The van der Waals surface area contributed by atoms with E-state index in [4.69, 9.17) is 0 Å². The van der Waals surface area contributed by atoms with E-state index in [0.717, 1.165) is 0 Å². The number of quaternary nitrogens is 1. The third-order valence-corrected chi connectivity index (χ3v) is 1.99. The van der Waals surface area contributed by atoms with Gasteiger partial charge in [-0.2, -0.15) is 0 Å². The maximum Gasteiger partial charge on any atom is 0.219 e. The van der Waals surface area contributed by atoms with Gasteiger partial charge in [-0.3, -0.25) is 4.79 Å². The van der Waals surface area contributed by atoms with Crippen LogP contribution in [0.2, 0.25) is 0 Å². The van der Waals surface area contributed by atoms with Gasteiger partial charge in [-0.05, 0) is 24.3 Å². The van der Waals surface area contributed by atoms with Crippen LogP contribution in [0.5, 0.6) is 0 Å². The van der Waals surface area contributed by atoms with Crippen molar-refractivity contribution in [3.05, 3.63) is 35.6 Å². The average molecular weight is 182 g/mol. The topological polar surface area (TPSA) is 44.7 Å². The van der Waals surface area contributed by atoms with E-state index in [-0.39, 0.29) is 17.6 Å². The smallest absolute Gasteiger partial charge is 0.219 e. The van der Waals surface area contributed by atoms with Crippen LogP contribution in [0.3, 0.4) is 0 Å². The van der Waals surface area contributed by atoms with Gasteiger partial charge in [-0.15, -0.1) is 0 Å². The summed E-state index contributed by atoms with van der Waals surface area (Å²) in [6.45, 7) is 1.90. The number of carbonyl (C=O) groups excluding carboxylic acids is 1. The molecule has 0 aromatic heterocycles. The van der Waals surface area contributed by atoms with Gasteiger partial charge < -0.3 is 5.73 Å². The first-order valence-corrected chi connectivity index (χ1v) is 4.28. The van der Waals surface area contributed by atoms with Crippen molar-refractivity contribution in [2.75, 3.05) is 0 Å². The molecule has 0 aliphatic carbocycles. The Kier molecular flexibility index (Phi) is 3.14. The predicted octanol–water partition coefficient (Wildman–Crippen LogP) is 1.03. The second kappa shape index (κ2) is 4.14. The lowest BCUT2D eigenvalue weighted by molar-refractivity contribution is -0.399. The molecule has 1 atom stereocenters. The maximum atomic E-state index is 12.5. The monoisotopic (exact) mass is 182 g/mol. The Morgan fingerprint density at radius 1 is 1.46 bits per heavy atom. The molecule has 0 unspecified atom stereocenters. The molecular formula is C10H13FNO+. The minimum Gasteiger partial charge on any atom is -0.349 e. The van der Waals surface area contributed by atoms with E-state index in [0.29, 0.717) is 12.0 Å². The number of hydrogen-bond acceptors (Lipinski definition) is 1. The second-order valence-corrected chi connectivity index (χ2v) is 2.98. The quantitative estimate of drug-likeness (QED) is 0.697. The van der Waals surface area contributed by atoms with E-state index in [1.807, 2.05) is 6.92 Å².